The first-order valence-corrected chi connectivity index (χ1v) is 5.75. The van der Waals surface area contributed by atoms with Gasteiger partial charge in [0.05, 0.1) is 5.56 Å². The molecule has 0 saturated heterocycles. The molecule has 0 aliphatic heterocycles. The number of Topliss-reactive ketones (excluding diaryl/α,β-unsaturated/α-hetero) is 1. The number of phenolic OH excluding ortho intramolecular Hbond substituents is 1. The second-order valence-corrected chi connectivity index (χ2v) is 4.01. The number of carbonyl (C=O) groups excluding carboxylic acids is 2. The second-order valence-electron chi connectivity index (χ2n) is 4.01. The predicted octanol–water partition coefficient (Wildman–Crippen LogP) is 2.13. The molecule has 0 saturated carbocycles. The standard InChI is InChI=1S/C14H17NO3/c1-10(16)13-9-12(6-7-14(13)18)5-3-4-8-15-11(2)17/h3,5-7,9,18H,4,8H2,1-2H3,(H,15,17). The van der Waals surface area contributed by atoms with Gasteiger partial charge in [-0.2, -0.15) is 0 Å². The molecule has 0 heterocycles. The molecule has 1 aromatic rings. The van der Waals surface area contributed by atoms with Crippen molar-refractivity contribution in [1.29, 1.82) is 0 Å². The number of aromatic hydroxyl groups is 1. The van der Waals surface area contributed by atoms with Crippen LogP contribution in [-0.2, 0) is 4.79 Å². The second kappa shape index (κ2) is 6.59. The van der Waals surface area contributed by atoms with E-state index in [1.807, 2.05) is 12.2 Å². The van der Waals surface area contributed by atoms with Gasteiger partial charge < -0.3 is 10.4 Å². The highest BCUT2D eigenvalue weighted by molar-refractivity contribution is 5.97. The number of hydrogen-bond donors (Lipinski definition) is 2. The molecular weight excluding hydrogens is 230 g/mol. The Bertz CT molecular complexity index is 478. The fraction of sp³-hybridized carbons (Fsp3) is 0.286. The van der Waals surface area contributed by atoms with E-state index in [9.17, 15) is 14.7 Å². The van der Waals surface area contributed by atoms with Crippen LogP contribution in [0, 0.1) is 0 Å². The van der Waals surface area contributed by atoms with Crippen LogP contribution in [0.1, 0.15) is 36.2 Å². The third kappa shape index (κ3) is 4.41. The summed E-state index contributed by atoms with van der Waals surface area (Å²) in [6.45, 7) is 3.48. The molecule has 1 amide bonds. The lowest BCUT2D eigenvalue weighted by Crippen LogP contribution is -2.20. The van der Waals surface area contributed by atoms with Crippen LogP contribution in [0.15, 0.2) is 24.3 Å². The van der Waals surface area contributed by atoms with E-state index in [1.54, 1.807) is 12.1 Å². The largest absolute Gasteiger partial charge is 0.507 e. The minimum absolute atomic E-state index is 0.00195. The molecule has 18 heavy (non-hydrogen) atoms. The zero-order valence-electron chi connectivity index (χ0n) is 10.6. The lowest BCUT2D eigenvalue weighted by Gasteiger charge is -2.02. The van der Waals surface area contributed by atoms with Gasteiger partial charge in [-0.1, -0.05) is 18.2 Å². The fourth-order valence-corrected chi connectivity index (χ4v) is 1.49. The van der Waals surface area contributed by atoms with Crippen molar-refractivity contribution in [2.24, 2.45) is 0 Å². The van der Waals surface area contributed by atoms with Crippen LogP contribution < -0.4 is 5.32 Å². The molecule has 4 heteroatoms. The Balaban J connectivity index is 2.62. The first-order valence-electron chi connectivity index (χ1n) is 5.75. The number of benzene rings is 1. The van der Waals surface area contributed by atoms with Gasteiger partial charge in [0, 0.05) is 13.5 Å². The van der Waals surface area contributed by atoms with E-state index in [1.165, 1.54) is 19.9 Å². The summed E-state index contributed by atoms with van der Waals surface area (Å²) < 4.78 is 0. The number of phenols is 1. The Morgan fingerprint density at radius 1 is 1.33 bits per heavy atom. The lowest BCUT2D eigenvalue weighted by molar-refractivity contribution is -0.118. The number of ketones is 1. The third-order valence-electron chi connectivity index (χ3n) is 2.40. The van der Waals surface area contributed by atoms with Gasteiger partial charge in [0.1, 0.15) is 5.75 Å². The molecule has 96 valence electrons. The topological polar surface area (TPSA) is 66.4 Å². The SMILES string of the molecule is CC(=O)NCCC=Cc1ccc(O)c(C(C)=O)c1. The molecule has 0 radical (unpaired) electrons. The molecule has 0 spiro atoms. The maximum atomic E-state index is 11.2. The van der Waals surface area contributed by atoms with Crippen LogP contribution in [0.25, 0.3) is 6.08 Å². The molecule has 4 nitrogen and oxygen atoms in total. The summed E-state index contributed by atoms with van der Waals surface area (Å²) in [5.74, 6) is -0.217. The van der Waals surface area contributed by atoms with Gasteiger partial charge in [-0.3, -0.25) is 9.59 Å². The van der Waals surface area contributed by atoms with Crippen molar-refractivity contribution in [3.05, 3.63) is 35.4 Å². The zero-order valence-corrected chi connectivity index (χ0v) is 10.6. The number of rotatable bonds is 5. The molecule has 0 unspecified atom stereocenters. The molecule has 0 atom stereocenters. The highest BCUT2D eigenvalue weighted by Crippen LogP contribution is 2.19. The Kier molecular flexibility index (Phi) is 5.11. The number of carbonyl (C=O) groups is 2. The normalized spacial score (nSPS) is 10.6. The molecule has 1 aromatic carbocycles. The summed E-state index contributed by atoms with van der Waals surface area (Å²) >= 11 is 0. The summed E-state index contributed by atoms with van der Waals surface area (Å²) in [6, 6.07) is 4.88. The highest BCUT2D eigenvalue weighted by atomic mass is 16.3. The molecule has 0 bridgehead atoms. The van der Waals surface area contributed by atoms with Crippen LogP contribution in [0.5, 0.6) is 5.75 Å². The van der Waals surface area contributed by atoms with Crippen LogP contribution in [0.4, 0.5) is 0 Å². The van der Waals surface area contributed by atoms with E-state index in [-0.39, 0.29) is 17.4 Å². The molecule has 0 fully saturated rings. The van der Waals surface area contributed by atoms with Gasteiger partial charge in [-0.25, -0.2) is 0 Å². The average Bonchev–Trinajstić information content (AvgIpc) is 2.30. The first-order chi connectivity index (χ1) is 8.50. The summed E-state index contributed by atoms with van der Waals surface area (Å²) in [7, 11) is 0. The molecule has 0 aliphatic carbocycles. The Labute approximate surface area is 106 Å². The molecule has 2 N–H and O–H groups in total. The third-order valence-corrected chi connectivity index (χ3v) is 2.40. The van der Waals surface area contributed by atoms with Crippen molar-refractivity contribution in [2.75, 3.05) is 6.54 Å². The summed E-state index contributed by atoms with van der Waals surface area (Å²) in [6.07, 6.45) is 4.48. The molecule has 1 rings (SSSR count). The number of hydrogen-bond acceptors (Lipinski definition) is 3. The van der Waals surface area contributed by atoms with Crippen molar-refractivity contribution in [3.63, 3.8) is 0 Å². The lowest BCUT2D eigenvalue weighted by atomic mass is 10.1. The van der Waals surface area contributed by atoms with Crippen molar-refractivity contribution in [3.8, 4) is 5.75 Å². The van der Waals surface area contributed by atoms with E-state index in [0.717, 1.165) is 12.0 Å². The summed E-state index contributed by atoms with van der Waals surface area (Å²) in [5, 5.41) is 12.2. The van der Waals surface area contributed by atoms with Gasteiger partial charge in [0.15, 0.2) is 5.78 Å². The maximum Gasteiger partial charge on any atom is 0.216 e. The van der Waals surface area contributed by atoms with E-state index in [4.69, 9.17) is 0 Å². The van der Waals surface area contributed by atoms with Crippen LogP contribution in [0.2, 0.25) is 0 Å². The Hall–Kier alpha value is -2.10. The number of amides is 1. The van der Waals surface area contributed by atoms with Gasteiger partial charge >= 0.3 is 0 Å². The van der Waals surface area contributed by atoms with Crippen molar-refractivity contribution >= 4 is 17.8 Å². The average molecular weight is 247 g/mol. The molecule has 0 aromatic heterocycles. The first kappa shape index (κ1) is 14.0. The van der Waals surface area contributed by atoms with Gasteiger partial charge in [-0.05, 0) is 31.0 Å². The van der Waals surface area contributed by atoms with E-state index < -0.39 is 0 Å². The van der Waals surface area contributed by atoms with Crippen molar-refractivity contribution in [2.45, 2.75) is 20.3 Å². The monoisotopic (exact) mass is 247 g/mol. The quantitative estimate of drug-likeness (QED) is 0.618. The minimum Gasteiger partial charge on any atom is -0.507 e. The smallest absolute Gasteiger partial charge is 0.216 e. The minimum atomic E-state index is -0.166. The Morgan fingerprint density at radius 2 is 2.06 bits per heavy atom. The summed E-state index contributed by atoms with van der Waals surface area (Å²) in [4.78, 5) is 21.9. The predicted molar refractivity (Wildman–Crippen MR) is 70.4 cm³/mol. The van der Waals surface area contributed by atoms with Crippen LogP contribution >= 0.6 is 0 Å². The van der Waals surface area contributed by atoms with Crippen molar-refractivity contribution < 1.29 is 14.7 Å². The van der Waals surface area contributed by atoms with E-state index in [0.29, 0.717) is 12.1 Å². The van der Waals surface area contributed by atoms with E-state index in [2.05, 4.69) is 5.32 Å². The fourth-order valence-electron chi connectivity index (χ4n) is 1.49. The van der Waals surface area contributed by atoms with Crippen LogP contribution in [0.3, 0.4) is 0 Å². The molecule has 0 aliphatic rings. The van der Waals surface area contributed by atoms with Gasteiger partial charge in [0.2, 0.25) is 5.91 Å². The van der Waals surface area contributed by atoms with Crippen molar-refractivity contribution in [1.82, 2.24) is 5.32 Å². The maximum absolute atomic E-state index is 11.2. The van der Waals surface area contributed by atoms with Crippen LogP contribution in [-0.4, -0.2) is 23.3 Å². The van der Waals surface area contributed by atoms with Gasteiger partial charge in [-0.15, -0.1) is 0 Å². The number of nitrogens with one attached hydrogen (secondary N) is 1. The zero-order chi connectivity index (χ0) is 13.5. The Morgan fingerprint density at radius 3 is 2.67 bits per heavy atom. The molecular formula is C14H17NO3. The summed E-state index contributed by atoms with van der Waals surface area (Å²) in [5.41, 5.74) is 1.17. The van der Waals surface area contributed by atoms with E-state index >= 15 is 0 Å². The highest BCUT2D eigenvalue weighted by Gasteiger charge is 2.05. The van der Waals surface area contributed by atoms with Gasteiger partial charge in [0.25, 0.3) is 0 Å².